The number of hydrogen-bond acceptors (Lipinski definition) is 6. The second kappa shape index (κ2) is 9.87. The molecule has 0 unspecified atom stereocenters. The number of hydrogen-bond donors (Lipinski definition) is 0. The number of ketones is 2. The monoisotopic (exact) mass is 454 g/mol. The Hall–Kier alpha value is -0.720. The maximum atomic E-state index is 13.0. The van der Waals surface area contributed by atoms with E-state index in [4.69, 9.17) is 4.74 Å². The number of fused-ring (bicyclic) bond motifs is 5. The van der Waals surface area contributed by atoms with Gasteiger partial charge in [0.2, 0.25) is 0 Å². The van der Waals surface area contributed by atoms with E-state index in [1.54, 1.807) is 0 Å². The Kier molecular flexibility index (Phi) is 7.99. The Labute approximate surface area is 212 Å². The third-order valence-electron chi connectivity index (χ3n) is 9.78. The summed E-state index contributed by atoms with van der Waals surface area (Å²) in [5.41, 5.74) is 0.206. The summed E-state index contributed by atoms with van der Waals surface area (Å²) in [6.45, 7) is 4.43. The molecule has 0 aromatic carbocycles. The maximum absolute atomic E-state index is 13.0. The van der Waals surface area contributed by atoms with E-state index in [9.17, 15) is 24.3 Å². The van der Waals surface area contributed by atoms with Crippen LogP contribution in [-0.2, 0) is 23.9 Å². The van der Waals surface area contributed by atoms with Gasteiger partial charge < -0.3 is 14.6 Å². The second-order valence-electron chi connectivity index (χ2n) is 11.1. The van der Waals surface area contributed by atoms with Crippen LogP contribution in [0.2, 0.25) is 0 Å². The molecule has 0 aromatic rings. The average molecular weight is 455 g/mol. The van der Waals surface area contributed by atoms with Gasteiger partial charge in [-0.2, -0.15) is 0 Å². The number of rotatable bonds is 6. The SMILES string of the molecule is C[C@]12CCC(=O)C[C@@H]1CC[C@@H]1[C@@H]2CC[C@]2(C)[C@@H](C(=O)COC(=O)CCC(=O)[O-])CC[C@@H]12.[Na+]. The molecule has 4 rings (SSSR count). The zero-order chi connectivity index (χ0) is 22.4. The molecule has 0 aromatic heterocycles. The number of carbonyl (C=O) groups excluding carboxylic acids is 4. The Balaban J connectivity index is 0.00000289. The van der Waals surface area contributed by atoms with Gasteiger partial charge >= 0.3 is 35.5 Å². The molecule has 4 saturated carbocycles. The summed E-state index contributed by atoms with van der Waals surface area (Å²) in [5.74, 6) is 0.686. The molecule has 0 heterocycles. The van der Waals surface area contributed by atoms with Crippen molar-refractivity contribution in [2.24, 2.45) is 40.4 Å². The molecule has 0 aliphatic heterocycles. The van der Waals surface area contributed by atoms with Crippen LogP contribution in [0.5, 0.6) is 0 Å². The normalized spacial score (nSPS) is 40.3. The van der Waals surface area contributed by atoms with Crippen molar-refractivity contribution in [2.45, 2.75) is 84.5 Å². The third-order valence-corrected chi connectivity index (χ3v) is 9.78. The van der Waals surface area contributed by atoms with E-state index >= 15 is 0 Å². The molecule has 172 valence electrons. The van der Waals surface area contributed by atoms with E-state index < -0.39 is 11.9 Å². The molecule has 32 heavy (non-hydrogen) atoms. The molecule has 7 heteroatoms. The van der Waals surface area contributed by atoms with Crippen molar-refractivity contribution >= 4 is 23.5 Å². The largest absolute Gasteiger partial charge is 1.00 e. The fourth-order valence-electron chi connectivity index (χ4n) is 8.10. The van der Waals surface area contributed by atoms with Crippen LogP contribution in [0.25, 0.3) is 0 Å². The fraction of sp³-hybridized carbons (Fsp3) is 0.840. The van der Waals surface area contributed by atoms with Crippen LogP contribution in [0.15, 0.2) is 0 Å². The predicted molar refractivity (Wildman–Crippen MR) is 110 cm³/mol. The fourth-order valence-corrected chi connectivity index (χ4v) is 8.10. The maximum Gasteiger partial charge on any atom is 1.00 e. The summed E-state index contributed by atoms with van der Waals surface area (Å²) >= 11 is 0. The molecule has 0 amide bonds. The Morgan fingerprint density at radius 1 is 0.969 bits per heavy atom. The summed E-state index contributed by atoms with van der Waals surface area (Å²) in [4.78, 5) is 47.3. The van der Waals surface area contributed by atoms with Crippen LogP contribution in [0.4, 0.5) is 0 Å². The van der Waals surface area contributed by atoms with Gasteiger partial charge in [0.1, 0.15) is 12.4 Å². The van der Waals surface area contributed by atoms with Gasteiger partial charge in [0.25, 0.3) is 0 Å². The quantitative estimate of drug-likeness (QED) is 0.409. The van der Waals surface area contributed by atoms with Crippen LogP contribution in [0.3, 0.4) is 0 Å². The van der Waals surface area contributed by atoms with Crippen molar-refractivity contribution in [1.29, 1.82) is 0 Å². The topological polar surface area (TPSA) is 101 Å². The summed E-state index contributed by atoms with van der Waals surface area (Å²) in [5, 5.41) is 10.5. The van der Waals surface area contributed by atoms with Crippen LogP contribution >= 0.6 is 0 Å². The van der Waals surface area contributed by atoms with E-state index in [1.807, 2.05) is 0 Å². The van der Waals surface area contributed by atoms with E-state index in [1.165, 1.54) is 0 Å². The number of carbonyl (C=O) groups is 4. The van der Waals surface area contributed by atoms with E-state index in [0.717, 1.165) is 57.8 Å². The molecule has 0 saturated heterocycles. The zero-order valence-corrected chi connectivity index (χ0v) is 21.8. The van der Waals surface area contributed by atoms with Gasteiger partial charge in [-0.25, -0.2) is 0 Å². The number of carboxylic acid groups (broad SMARTS) is 1. The van der Waals surface area contributed by atoms with Crippen molar-refractivity contribution in [3.63, 3.8) is 0 Å². The summed E-state index contributed by atoms with van der Waals surface area (Å²) in [6.07, 6.45) is 8.18. The summed E-state index contributed by atoms with van der Waals surface area (Å²) in [6, 6.07) is 0. The smallest absolute Gasteiger partial charge is 0.550 e. The molecule has 7 atom stereocenters. The van der Waals surface area contributed by atoms with Crippen molar-refractivity contribution < 1.29 is 58.6 Å². The summed E-state index contributed by atoms with van der Waals surface area (Å²) < 4.78 is 5.08. The van der Waals surface area contributed by atoms with Gasteiger partial charge in [-0.05, 0) is 85.9 Å². The van der Waals surface area contributed by atoms with Gasteiger partial charge in [0.15, 0.2) is 5.78 Å². The molecule has 4 aliphatic rings. The minimum Gasteiger partial charge on any atom is -0.550 e. The first kappa shape index (κ1) is 25.9. The standard InChI is InChI=1S/C25H36O6.Na/c1-24-11-9-16(26)13-15(24)3-4-17-18-5-6-20(25(18,2)12-10-19(17)24)21(27)14-31-23(30)8-7-22(28)29;/h15,17-20H,3-14H2,1-2H3,(H,28,29);/q;+1/p-1/t15-,17-,18-,19-,20+,24-,25-;/m0./s1. The van der Waals surface area contributed by atoms with E-state index in [2.05, 4.69) is 13.8 Å². The van der Waals surface area contributed by atoms with Crippen molar-refractivity contribution in [1.82, 2.24) is 0 Å². The zero-order valence-electron chi connectivity index (χ0n) is 19.8. The molecule has 6 nitrogen and oxygen atoms in total. The molecule has 0 N–H and O–H groups in total. The first-order valence-corrected chi connectivity index (χ1v) is 12.0. The number of carboxylic acids is 1. The van der Waals surface area contributed by atoms with Gasteiger partial charge in [0, 0.05) is 24.7 Å². The van der Waals surface area contributed by atoms with Gasteiger partial charge in [-0.15, -0.1) is 0 Å². The van der Waals surface area contributed by atoms with Crippen LogP contribution < -0.4 is 34.7 Å². The molecule has 0 spiro atoms. The average Bonchev–Trinajstić information content (AvgIpc) is 3.08. The molecule has 4 fully saturated rings. The van der Waals surface area contributed by atoms with E-state index in [-0.39, 0.29) is 71.5 Å². The number of ether oxygens (including phenoxy) is 1. The van der Waals surface area contributed by atoms with Crippen LogP contribution in [0, 0.1) is 40.4 Å². The molecule has 0 bridgehead atoms. The minimum atomic E-state index is -1.29. The Morgan fingerprint density at radius 2 is 1.69 bits per heavy atom. The van der Waals surface area contributed by atoms with Crippen molar-refractivity contribution in [3.05, 3.63) is 0 Å². The first-order valence-electron chi connectivity index (χ1n) is 12.0. The number of aliphatic carboxylic acids is 1. The van der Waals surface area contributed by atoms with Gasteiger partial charge in [-0.3, -0.25) is 14.4 Å². The van der Waals surface area contributed by atoms with Gasteiger partial charge in [-0.1, -0.05) is 13.8 Å². The second-order valence-corrected chi connectivity index (χ2v) is 11.1. The Morgan fingerprint density at radius 3 is 2.41 bits per heavy atom. The molecule has 0 radical (unpaired) electrons. The van der Waals surface area contributed by atoms with Crippen molar-refractivity contribution in [3.8, 4) is 0 Å². The number of esters is 1. The molecular formula is C25H35NaO6. The van der Waals surface area contributed by atoms with Crippen LogP contribution in [-0.4, -0.2) is 30.1 Å². The van der Waals surface area contributed by atoms with E-state index in [0.29, 0.717) is 29.5 Å². The Bertz CT molecular complexity index is 780. The van der Waals surface area contributed by atoms with Crippen molar-refractivity contribution in [2.75, 3.05) is 6.61 Å². The minimum absolute atomic E-state index is 0. The first-order chi connectivity index (χ1) is 14.6. The van der Waals surface area contributed by atoms with Gasteiger partial charge in [0.05, 0.1) is 6.42 Å². The number of Topliss-reactive ketones (excluding diaryl/α,β-unsaturated/α-hetero) is 2. The summed E-state index contributed by atoms with van der Waals surface area (Å²) in [7, 11) is 0. The predicted octanol–water partition coefficient (Wildman–Crippen LogP) is -0.139. The molecular weight excluding hydrogens is 419 g/mol. The van der Waals surface area contributed by atoms with Crippen LogP contribution in [0.1, 0.15) is 84.5 Å². The third kappa shape index (κ3) is 4.61. The molecule has 4 aliphatic carbocycles.